The molecule has 2 N–H and O–H groups in total. The van der Waals surface area contributed by atoms with E-state index in [-0.39, 0.29) is 78.6 Å². The quantitative estimate of drug-likeness (QED) is 0.362. The summed E-state index contributed by atoms with van der Waals surface area (Å²) >= 11 is 6.23. The third-order valence-corrected chi connectivity index (χ3v) is 12.8. The molecule has 0 bridgehead atoms. The summed E-state index contributed by atoms with van der Waals surface area (Å²) in [5.74, 6) is -2.73. The average molecular weight is 700 g/mol. The predicted octanol–water partition coefficient (Wildman–Crippen LogP) is 6.16. The highest BCUT2D eigenvalue weighted by Gasteiger charge is 2.74. The van der Waals surface area contributed by atoms with Gasteiger partial charge in [0.2, 0.25) is 0 Å². The van der Waals surface area contributed by atoms with Crippen molar-refractivity contribution < 1.29 is 59.0 Å². The number of hydrogen-bond acceptors (Lipinski definition) is 5. The lowest BCUT2D eigenvalue weighted by atomic mass is 9.75. The van der Waals surface area contributed by atoms with Crippen LogP contribution < -0.4 is 0 Å². The van der Waals surface area contributed by atoms with Gasteiger partial charge in [-0.2, -0.15) is 26.3 Å². The smallest absolute Gasteiger partial charge is 0.435 e. The number of sulfone groups is 1. The first kappa shape index (κ1) is 34.4. The maximum absolute atomic E-state index is 15.0. The van der Waals surface area contributed by atoms with Crippen molar-refractivity contribution in [3.63, 3.8) is 0 Å². The van der Waals surface area contributed by atoms with Gasteiger partial charge in [0.25, 0.3) is 5.91 Å². The molecule has 2 aromatic carbocycles. The van der Waals surface area contributed by atoms with Gasteiger partial charge in [0.1, 0.15) is 10.3 Å². The molecule has 1 amide bonds. The number of carbonyl (C=O) groups is 2. The van der Waals surface area contributed by atoms with Crippen molar-refractivity contribution >= 4 is 33.3 Å². The molecule has 0 aromatic heterocycles. The third-order valence-electron chi connectivity index (χ3n) is 9.82. The van der Waals surface area contributed by atoms with E-state index in [1.807, 2.05) is 0 Å². The second-order valence-corrected chi connectivity index (χ2v) is 14.9. The Hall–Kier alpha value is -2.91. The molecular weight excluding hydrogens is 671 g/mol. The first-order valence-electron chi connectivity index (χ1n) is 14.3. The largest absolute Gasteiger partial charge is 0.481 e. The van der Waals surface area contributed by atoms with Gasteiger partial charge < -0.3 is 15.1 Å². The van der Waals surface area contributed by atoms with Gasteiger partial charge in [0, 0.05) is 17.1 Å². The van der Waals surface area contributed by atoms with E-state index in [2.05, 4.69) is 0 Å². The molecule has 1 saturated heterocycles. The molecule has 0 radical (unpaired) electrons. The molecule has 2 atom stereocenters. The second-order valence-electron chi connectivity index (χ2n) is 12.3. The van der Waals surface area contributed by atoms with E-state index in [0.717, 1.165) is 17.0 Å². The standard InChI is InChI=1S/C30H29ClF7NO6S/c1-16-2-5-20(15-22(16)31)46(44,45)27-12-13-39(25(42)26(43)10-8-17(9-11-26)24(40)41)23(27)7-3-18-14-19(4-6-21(18)27)28(32,29(33,34)35)30(36,37)38/h2,4-6,14-15,17,23,43H,3,7-13H2,1H3,(H,40,41). The van der Waals surface area contributed by atoms with E-state index in [0.29, 0.717) is 11.6 Å². The number of aryl methyl sites for hydroxylation is 2. The number of rotatable bonds is 5. The van der Waals surface area contributed by atoms with E-state index in [9.17, 15) is 54.6 Å². The zero-order valence-electron chi connectivity index (χ0n) is 24.2. The van der Waals surface area contributed by atoms with E-state index in [1.54, 1.807) is 6.92 Å². The fraction of sp³-hybridized carbons (Fsp3) is 0.533. The Labute approximate surface area is 264 Å². The summed E-state index contributed by atoms with van der Waals surface area (Å²) in [4.78, 5) is 26.2. The highest BCUT2D eigenvalue weighted by molar-refractivity contribution is 7.92. The summed E-state index contributed by atoms with van der Waals surface area (Å²) in [7, 11) is -4.63. The van der Waals surface area contributed by atoms with E-state index >= 15 is 4.39 Å². The second kappa shape index (κ2) is 11.1. The molecule has 3 aliphatic rings. The van der Waals surface area contributed by atoms with Crippen LogP contribution in [0.2, 0.25) is 5.02 Å². The summed E-state index contributed by atoms with van der Waals surface area (Å²) in [5, 5.41) is 20.7. The molecule has 2 aromatic rings. The molecule has 2 unspecified atom stereocenters. The molecule has 46 heavy (non-hydrogen) atoms. The van der Waals surface area contributed by atoms with Crippen molar-refractivity contribution in [2.75, 3.05) is 6.54 Å². The van der Waals surface area contributed by atoms with Gasteiger partial charge in [-0.25, -0.2) is 12.8 Å². The SMILES string of the molecule is Cc1ccc(S(=O)(=O)C23CCN(C(=O)C4(O)CCC(C(=O)O)CC4)C2CCc2cc(C(F)(C(F)(F)F)C(F)(F)F)ccc23)cc1Cl. The highest BCUT2D eigenvalue weighted by atomic mass is 35.5. The summed E-state index contributed by atoms with van der Waals surface area (Å²) < 4.78 is 124. The van der Waals surface area contributed by atoms with Crippen molar-refractivity contribution in [1.82, 2.24) is 4.90 Å². The van der Waals surface area contributed by atoms with Crippen LogP contribution in [0.15, 0.2) is 41.3 Å². The maximum atomic E-state index is 15.0. The molecule has 16 heteroatoms. The Bertz CT molecular complexity index is 1670. The number of carbonyl (C=O) groups excluding carboxylic acids is 1. The van der Waals surface area contributed by atoms with Crippen LogP contribution in [0.5, 0.6) is 0 Å². The Balaban J connectivity index is 1.66. The van der Waals surface area contributed by atoms with E-state index in [4.69, 9.17) is 11.6 Å². The van der Waals surface area contributed by atoms with Crippen LogP contribution >= 0.6 is 11.6 Å². The van der Waals surface area contributed by atoms with Gasteiger partial charge in [-0.3, -0.25) is 9.59 Å². The fourth-order valence-corrected chi connectivity index (χ4v) is 9.89. The van der Waals surface area contributed by atoms with Crippen molar-refractivity contribution in [2.24, 2.45) is 5.92 Å². The molecule has 252 valence electrons. The fourth-order valence-electron chi connectivity index (χ4n) is 7.25. The van der Waals surface area contributed by atoms with Gasteiger partial charge in [-0.05, 0) is 80.7 Å². The molecule has 1 aliphatic heterocycles. The summed E-state index contributed by atoms with van der Waals surface area (Å²) in [6.45, 7) is 1.35. The number of hydrogen-bond donors (Lipinski definition) is 2. The van der Waals surface area contributed by atoms with Crippen molar-refractivity contribution in [3.8, 4) is 0 Å². The zero-order chi connectivity index (χ0) is 34.3. The molecular formula is C30H29ClF7NO6S. The number of alkyl halides is 7. The first-order chi connectivity index (χ1) is 21.1. The van der Waals surface area contributed by atoms with Gasteiger partial charge in [0.05, 0.1) is 16.9 Å². The van der Waals surface area contributed by atoms with Gasteiger partial charge >= 0.3 is 24.0 Å². The zero-order valence-corrected chi connectivity index (χ0v) is 25.8. The lowest BCUT2D eigenvalue weighted by Crippen LogP contribution is -2.57. The summed E-state index contributed by atoms with van der Waals surface area (Å²) in [5.41, 5.74) is -9.45. The molecule has 1 heterocycles. The van der Waals surface area contributed by atoms with E-state index in [1.165, 1.54) is 12.1 Å². The predicted molar refractivity (Wildman–Crippen MR) is 149 cm³/mol. The molecule has 0 spiro atoms. The normalized spacial score (nSPS) is 27.2. The summed E-state index contributed by atoms with van der Waals surface area (Å²) in [6.07, 6.45) is -14.2. The number of carboxylic acid groups (broad SMARTS) is 1. The maximum Gasteiger partial charge on any atom is 0.435 e. The molecule has 2 aliphatic carbocycles. The number of halogens is 8. The van der Waals surface area contributed by atoms with Crippen LogP contribution in [0.3, 0.4) is 0 Å². The Morgan fingerprint density at radius 1 is 0.935 bits per heavy atom. The number of aliphatic hydroxyl groups is 1. The minimum absolute atomic E-state index is 0.0175. The Morgan fingerprint density at radius 3 is 2.09 bits per heavy atom. The lowest BCUT2D eigenvalue weighted by molar-refractivity contribution is -0.348. The summed E-state index contributed by atoms with van der Waals surface area (Å²) in [6, 6.07) is 3.99. The van der Waals surface area contributed by atoms with Crippen LogP contribution in [0.4, 0.5) is 30.7 Å². The third kappa shape index (κ3) is 4.99. The van der Waals surface area contributed by atoms with Crippen LogP contribution in [-0.4, -0.2) is 65.9 Å². The van der Waals surface area contributed by atoms with Crippen LogP contribution in [0, 0.1) is 12.8 Å². The average Bonchev–Trinajstić information content (AvgIpc) is 3.38. The van der Waals surface area contributed by atoms with Crippen molar-refractivity contribution in [1.29, 1.82) is 0 Å². The molecule has 2 fully saturated rings. The minimum atomic E-state index is -6.38. The van der Waals surface area contributed by atoms with Crippen LogP contribution in [0.25, 0.3) is 0 Å². The Kier molecular flexibility index (Phi) is 8.29. The van der Waals surface area contributed by atoms with Gasteiger partial charge in [-0.15, -0.1) is 0 Å². The number of aliphatic carboxylic acids is 1. The van der Waals surface area contributed by atoms with Crippen LogP contribution in [0.1, 0.15) is 60.8 Å². The topological polar surface area (TPSA) is 112 Å². The lowest BCUT2D eigenvalue weighted by Gasteiger charge is -2.45. The van der Waals surface area contributed by atoms with Gasteiger partial charge in [-0.1, -0.05) is 35.9 Å². The van der Waals surface area contributed by atoms with Crippen molar-refractivity contribution in [2.45, 2.75) is 91.2 Å². The first-order valence-corrected chi connectivity index (χ1v) is 16.2. The van der Waals surface area contributed by atoms with Crippen LogP contribution in [-0.2, 0) is 36.3 Å². The van der Waals surface area contributed by atoms with E-state index < -0.39 is 67.6 Å². The van der Waals surface area contributed by atoms with Crippen molar-refractivity contribution in [3.05, 3.63) is 63.7 Å². The van der Waals surface area contributed by atoms with Gasteiger partial charge in [0.15, 0.2) is 9.84 Å². The number of benzene rings is 2. The molecule has 1 saturated carbocycles. The minimum Gasteiger partial charge on any atom is -0.481 e. The Morgan fingerprint density at radius 2 is 1.54 bits per heavy atom. The number of amides is 1. The number of likely N-dealkylation sites (tertiary alicyclic amines) is 1. The highest BCUT2D eigenvalue weighted by Crippen LogP contribution is 2.57. The molecule has 5 rings (SSSR count). The monoisotopic (exact) mass is 699 g/mol. The number of fused-ring (bicyclic) bond motifs is 3. The molecule has 7 nitrogen and oxygen atoms in total. The number of carboxylic acids is 1. The number of nitrogens with zero attached hydrogens (tertiary/aromatic N) is 1.